The van der Waals surface area contributed by atoms with Crippen LogP contribution >= 0.6 is 0 Å². The van der Waals surface area contributed by atoms with Crippen molar-refractivity contribution in [2.75, 3.05) is 23.7 Å². The van der Waals surface area contributed by atoms with Gasteiger partial charge in [0, 0.05) is 13.1 Å². The first-order chi connectivity index (χ1) is 9.74. The van der Waals surface area contributed by atoms with Crippen molar-refractivity contribution in [2.45, 2.75) is 25.7 Å². The molecule has 104 valence electrons. The Hall–Kier alpha value is -1.96. The normalized spacial score (nSPS) is 16.4. The molecule has 1 heterocycles. The van der Waals surface area contributed by atoms with Crippen LogP contribution in [0.5, 0.6) is 0 Å². The van der Waals surface area contributed by atoms with Crippen molar-refractivity contribution in [3.05, 3.63) is 59.7 Å². The molecular weight excluding hydrogens is 244 g/mol. The quantitative estimate of drug-likeness (QED) is 0.834. The van der Waals surface area contributed by atoms with E-state index in [0.717, 1.165) is 18.8 Å². The number of benzene rings is 2. The van der Waals surface area contributed by atoms with Crippen LogP contribution in [0.4, 0.5) is 11.4 Å². The monoisotopic (exact) mass is 266 g/mol. The van der Waals surface area contributed by atoms with Gasteiger partial charge >= 0.3 is 0 Å². The minimum atomic E-state index is 0.691. The zero-order chi connectivity index (χ0) is 13.9. The van der Waals surface area contributed by atoms with E-state index in [9.17, 15) is 0 Å². The summed E-state index contributed by atoms with van der Waals surface area (Å²) in [7, 11) is 0. The van der Waals surface area contributed by atoms with Crippen LogP contribution in [0.15, 0.2) is 48.5 Å². The fourth-order valence-electron chi connectivity index (χ4n) is 3.15. The summed E-state index contributed by atoms with van der Waals surface area (Å²) in [6.07, 6.45) is 2.41. The molecule has 0 bridgehead atoms. The van der Waals surface area contributed by atoms with Crippen LogP contribution < -0.4 is 10.6 Å². The largest absolute Gasteiger partial charge is 0.397 e. The molecule has 1 fully saturated rings. The number of nitrogens with zero attached hydrogens (tertiary/aromatic N) is 1. The molecule has 0 saturated carbocycles. The molecule has 0 amide bonds. The van der Waals surface area contributed by atoms with Gasteiger partial charge in [-0.3, -0.25) is 0 Å². The molecule has 3 rings (SSSR count). The van der Waals surface area contributed by atoms with Gasteiger partial charge in [-0.2, -0.15) is 0 Å². The lowest BCUT2D eigenvalue weighted by Gasteiger charge is -2.34. The molecule has 0 aromatic heterocycles. The highest BCUT2D eigenvalue weighted by Crippen LogP contribution is 2.32. The Morgan fingerprint density at radius 1 is 1.00 bits per heavy atom. The molecule has 1 aliphatic heterocycles. The average Bonchev–Trinajstić information content (AvgIpc) is 2.48. The number of para-hydroxylation sites is 2. The fraction of sp³-hybridized carbons (Fsp3) is 0.333. The maximum absolute atomic E-state index is 6.08. The first-order valence-corrected chi connectivity index (χ1v) is 7.40. The molecule has 1 saturated heterocycles. The summed E-state index contributed by atoms with van der Waals surface area (Å²) in [5.41, 5.74) is 11.0. The lowest BCUT2D eigenvalue weighted by atomic mass is 9.88. The van der Waals surface area contributed by atoms with Crippen molar-refractivity contribution in [3.63, 3.8) is 0 Å². The predicted octanol–water partition coefficient (Wildman–Crippen LogP) is 3.96. The Bertz CT molecular complexity index is 583. The Labute approximate surface area is 121 Å². The predicted molar refractivity (Wildman–Crippen MR) is 86.2 cm³/mol. The summed E-state index contributed by atoms with van der Waals surface area (Å²) in [5, 5.41) is 0. The van der Waals surface area contributed by atoms with Crippen LogP contribution in [-0.2, 0) is 0 Å². The van der Waals surface area contributed by atoms with Crippen molar-refractivity contribution in [3.8, 4) is 0 Å². The molecule has 2 aromatic carbocycles. The second kappa shape index (κ2) is 5.58. The number of piperidine rings is 1. The zero-order valence-corrected chi connectivity index (χ0v) is 12.0. The highest BCUT2D eigenvalue weighted by atomic mass is 15.1. The van der Waals surface area contributed by atoms with Crippen LogP contribution in [-0.4, -0.2) is 13.1 Å². The molecule has 2 aromatic rings. The Morgan fingerprint density at radius 2 is 1.75 bits per heavy atom. The highest BCUT2D eigenvalue weighted by molar-refractivity contribution is 5.67. The SMILES string of the molecule is Cc1cccc(C2CCN(c3ccccc3N)CC2)c1. The van der Waals surface area contributed by atoms with Crippen LogP contribution in [0.2, 0.25) is 0 Å². The van der Waals surface area contributed by atoms with E-state index in [-0.39, 0.29) is 0 Å². The van der Waals surface area contributed by atoms with E-state index >= 15 is 0 Å². The first kappa shape index (κ1) is 13.0. The summed E-state index contributed by atoms with van der Waals surface area (Å²) in [6.45, 7) is 4.35. The average molecular weight is 266 g/mol. The van der Waals surface area contributed by atoms with Crippen molar-refractivity contribution in [1.82, 2.24) is 0 Å². The van der Waals surface area contributed by atoms with Crippen LogP contribution in [0, 0.1) is 6.92 Å². The summed E-state index contributed by atoms with van der Waals surface area (Å²) >= 11 is 0. The van der Waals surface area contributed by atoms with E-state index in [2.05, 4.69) is 48.2 Å². The van der Waals surface area contributed by atoms with Gasteiger partial charge in [0.15, 0.2) is 0 Å². The molecular formula is C18H22N2. The minimum absolute atomic E-state index is 0.691. The zero-order valence-electron chi connectivity index (χ0n) is 12.0. The third-order valence-electron chi connectivity index (χ3n) is 4.29. The molecule has 0 atom stereocenters. The number of rotatable bonds is 2. The van der Waals surface area contributed by atoms with Crippen molar-refractivity contribution in [2.24, 2.45) is 0 Å². The Balaban J connectivity index is 1.70. The van der Waals surface area contributed by atoms with Crippen molar-refractivity contribution >= 4 is 11.4 Å². The Morgan fingerprint density at radius 3 is 2.45 bits per heavy atom. The fourth-order valence-corrected chi connectivity index (χ4v) is 3.15. The topological polar surface area (TPSA) is 29.3 Å². The lowest BCUT2D eigenvalue weighted by molar-refractivity contribution is 0.505. The van der Waals surface area contributed by atoms with E-state index in [0.29, 0.717) is 5.92 Å². The third-order valence-corrected chi connectivity index (χ3v) is 4.29. The maximum atomic E-state index is 6.08. The van der Waals surface area contributed by atoms with Gasteiger partial charge in [-0.1, -0.05) is 42.0 Å². The molecule has 1 aliphatic rings. The first-order valence-electron chi connectivity index (χ1n) is 7.40. The number of hydrogen-bond donors (Lipinski definition) is 1. The van der Waals surface area contributed by atoms with Crippen molar-refractivity contribution in [1.29, 1.82) is 0 Å². The smallest absolute Gasteiger partial charge is 0.0599 e. The lowest BCUT2D eigenvalue weighted by Crippen LogP contribution is -2.33. The van der Waals surface area contributed by atoms with Crippen LogP contribution in [0.1, 0.15) is 29.9 Å². The second-order valence-electron chi connectivity index (χ2n) is 5.73. The van der Waals surface area contributed by atoms with Crippen LogP contribution in [0.3, 0.4) is 0 Å². The van der Waals surface area contributed by atoms with Crippen LogP contribution in [0.25, 0.3) is 0 Å². The summed E-state index contributed by atoms with van der Waals surface area (Å²) in [5.74, 6) is 0.691. The molecule has 0 unspecified atom stereocenters. The van der Waals surface area contributed by atoms with E-state index in [1.165, 1.54) is 29.7 Å². The minimum Gasteiger partial charge on any atom is -0.397 e. The van der Waals surface area contributed by atoms with Gasteiger partial charge in [0.05, 0.1) is 11.4 Å². The van der Waals surface area contributed by atoms with Gasteiger partial charge in [0.25, 0.3) is 0 Å². The van der Waals surface area contributed by atoms with Gasteiger partial charge in [0.2, 0.25) is 0 Å². The highest BCUT2D eigenvalue weighted by Gasteiger charge is 2.21. The number of nitrogen functional groups attached to an aromatic ring is 1. The van der Waals surface area contributed by atoms with E-state index < -0.39 is 0 Å². The van der Waals surface area contributed by atoms with Gasteiger partial charge in [-0.25, -0.2) is 0 Å². The number of aryl methyl sites for hydroxylation is 1. The Kier molecular flexibility index (Phi) is 3.64. The van der Waals surface area contributed by atoms with Gasteiger partial charge < -0.3 is 10.6 Å². The second-order valence-corrected chi connectivity index (χ2v) is 5.73. The maximum Gasteiger partial charge on any atom is 0.0599 e. The third kappa shape index (κ3) is 2.64. The molecule has 0 aliphatic carbocycles. The molecule has 0 radical (unpaired) electrons. The van der Waals surface area contributed by atoms with E-state index in [4.69, 9.17) is 5.73 Å². The van der Waals surface area contributed by atoms with E-state index in [1.54, 1.807) is 0 Å². The van der Waals surface area contributed by atoms with E-state index in [1.807, 2.05) is 12.1 Å². The molecule has 2 N–H and O–H groups in total. The molecule has 2 nitrogen and oxygen atoms in total. The molecule has 2 heteroatoms. The summed E-state index contributed by atoms with van der Waals surface area (Å²) in [6, 6.07) is 17.1. The standard InChI is InChI=1S/C18H22N2/c1-14-5-4-6-16(13-14)15-9-11-20(12-10-15)18-8-3-2-7-17(18)19/h2-8,13,15H,9-12,19H2,1H3. The number of nitrogens with two attached hydrogens (primary N) is 1. The molecule has 0 spiro atoms. The van der Waals surface area contributed by atoms with Gasteiger partial charge in [-0.05, 0) is 43.4 Å². The van der Waals surface area contributed by atoms with Gasteiger partial charge in [0.1, 0.15) is 0 Å². The molecule has 20 heavy (non-hydrogen) atoms. The number of anilines is 2. The van der Waals surface area contributed by atoms with Crippen molar-refractivity contribution < 1.29 is 0 Å². The van der Waals surface area contributed by atoms with Gasteiger partial charge in [-0.15, -0.1) is 0 Å². The number of hydrogen-bond acceptors (Lipinski definition) is 2. The summed E-state index contributed by atoms with van der Waals surface area (Å²) in [4.78, 5) is 2.42. The summed E-state index contributed by atoms with van der Waals surface area (Å²) < 4.78 is 0.